The molecule has 2 atom stereocenters. The number of carbonyl (C=O) groups is 2. The van der Waals surface area contributed by atoms with Crippen molar-refractivity contribution in [3.63, 3.8) is 0 Å². The zero-order chi connectivity index (χ0) is 24.7. The number of halogens is 1. The largest absolute Gasteiger partial charge is 0.494 e. The van der Waals surface area contributed by atoms with Crippen molar-refractivity contribution >= 4 is 17.6 Å². The molecule has 1 aliphatic rings. The lowest BCUT2D eigenvalue weighted by Gasteiger charge is -2.27. The lowest BCUT2D eigenvalue weighted by Crippen LogP contribution is -2.40. The quantitative estimate of drug-likeness (QED) is 0.235. The summed E-state index contributed by atoms with van der Waals surface area (Å²) in [6.07, 6.45) is -0.466. The molecule has 2 heterocycles. The minimum Gasteiger partial charge on any atom is -0.494 e. The fourth-order valence-electron chi connectivity index (χ4n) is 3.18. The molecule has 0 saturated carbocycles. The first-order valence-electron chi connectivity index (χ1n) is 10.5. The molecular formula is C22H26FN5O6. The van der Waals surface area contributed by atoms with Crippen molar-refractivity contribution in [2.45, 2.75) is 39.0 Å². The van der Waals surface area contributed by atoms with Crippen LogP contribution in [0.2, 0.25) is 0 Å². The van der Waals surface area contributed by atoms with Crippen LogP contribution in [0.25, 0.3) is 0 Å². The van der Waals surface area contributed by atoms with Crippen molar-refractivity contribution < 1.29 is 33.4 Å². The smallest absolute Gasteiger partial charge is 0.270 e. The second-order valence-corrected chi connectivity index (χ2v) is 7.64. The zero-order valence-electron chi connectivity index (χ0n) is 19.0. The summed E-state index contributed by atoms with van der Waals surface area (Å²) < 4.78 is 29.5. The van der Waals surface area contributed by atoms with Gasteiger partial charge in [0.1, 0.15) is 17.2 Å². The molecule has 1 aromatic heterocycles. The lowest BCUT2D eigenvalue weighted by molar-refractivity contribution is -0.142. The van der Waals surface area contributed by atoms with E-state index >= 15 is 0 Å². The molecular weight excluding hydrogens is 449 g/mol. The summed E-state index contributed by atoms with van der Waals surface area (Å²) in [5, 5.41) is 17.7. The molecule has 12 heteroatoms. The number of hydrogen-bond acceptors (Lipinski definition) is 9. The van der Waals surface area contributed by atoms with Gasteiger partial charge in [0.2, 0.25) is 5.91 Å². The van der Waals surface area contributed by atoms with Gasteiger partial charge in [0.15, 0.2) is 17.4 Å². The van der Waals surface area contributed by atoms with E-state index in [4.69, 9.17) is 14.2 Å². The lowest BCUT2D eigenvalue weighted by atomic mass is 10.2. The van der Waals surface area contributed by atoms with Crippen LogP contribution in [0, 0.1) is 12.7 Å². The Morgan fingerprint density at radius 1 is 1.24 bits per heavy atom. The van der Waals surface area contributed by atoms with Gasteiger partial charge in [0.25, 0.3) is 5.91 Å². The molecule has 0 spiro atoms. The highest BCUT2D eigenvalue weighted by Gasteiger charge is 2.23. The maximum atomic E-state index is 13.6. The normalized spacial score (nSPS) is 18.3. The van der Waals surface area contributed by atoms with E-state index < -0.39 is 23.7 Å². The predicted octanol–water partition coefficient (Wildman–Crippen LogP) is 1.31. The van der Waals surface area contributed by atoms with Crippen LogP contribution < -0.4 is 15.4 Å². The number of aromatic nitrogens is 2. The maximum absolute atomic E-state index is 13.6. The molecule has 1 aromatic carbocycles. The number of rotatable bonds is 7. The van der Waals surface area contributed by atoms with E-state index in [0.29, 0.717) is 12.2 Å². The number of nitrogens with zero attached hydrogens (tertiary/aromatic N) is 3. The van der Waals surface area contributed by atoms with Crippen molar-refractivity contribution in [2.75, 3.05) is 20.3 Å². The number of ether oxygens (including phenoxy) is 3. The Morgan fingerprint density at radius 2 is 2.00 bits per heavy atom. The third kappa shape index (κ3) is 6.68. The molecule has 2 amide bonds. The molecule has 0 bridgehead atoms. The summed E-state index contributed by atoms with van der Waals surface area (Å²) in [7, 11) is 1.35. The number of oxime groups is 1. The van der Waals surface area contributed by atoms with E-state index in [9.17, 15) is 19.2 Å². The number of carbonyl (C=O) groups excluding carboxylic acids is 2. The number of aryl methyl sites for hydroxylation is 1. The molecule has 11 nitrogen and oxygen atoms in total. The van der Waals surface area contributed by atoms with E-state index in [1.54, 1.807) is 6.92 Å². The number of amidine groups is 1. The van der Waals surface area contributed by atoms with E-state index in [0.717, 1.165) is 0 Å². The predicted molar refractivity (Wildman–Crippen MR) is 117 cm³/mol. The Kier molecular flexibility index (Phi) is 8.44. The Hall–Kier alpha value is -3.64. The number of hydrogen-bond donors (Lipinski definition) is 3. The van der Waals surface area contributed by atoms with Crippen LogP contribution in [-0.4, -0.2) is 65.4 Å². The second-order valence-electron chi connectivity index (χ2n) is 7.64. The van der Waals surface area contributed by atoms with E-state index in [1.807, 2.05) is 6.92 Å². The number of amides is 2. The highest BCUT2D eigenvalue weighted by Crippen LogP contribution is 2.18. The highest BCUT2D eigenvalue weighted by molar-refractivity contribution is 6.07. The van der Waals surface area contributed by atoms with Crippen molar-refractivity contribution in [1.82, 2.24) is 20.6 Å². The van der Waals surface area contributed by atoms with Crippen LogP contribution in [0.3, 0.4) is 0 Å². The number of nitrogens with one attached hydrogen (secondary N) is 2. The Morgan fingerprint density at radius 3 is 2.68 bits per heavy atom. The summed E-state index contributed by atoms with van der Waals surface area (Å²) >= 11 is 0. The molecule has 1 saturated heterocycles. The second kappa shape index (κ2) is 11.5. The van der Waals surface area contributed by atoms with Crippen molar-refractivity contribution in [2.24, 2.45) is 5.16 Å². The van der Waals surface area contributed by atoms with Crippen LogP contribution >= 0.6 is 0 Å². The van der Waals surface area contributed by atoms with Crippen LogP contribution in [0.4, 0.5) is 4.39 Å². The van der Waals surface area contributed by atoms with Gasteiger partial charge in [-0.25, -0.2) is 14.4 Å². The standard InChI is InChI=1S/C22H26FN5O6/c1-12-10-34-15(11-33-12)7-20(29)27-21(28-31)17-8-18(26-13(2)25-17)22(30)24-9-14-4-5-16(23)19(6-14)32-3/h4-6,8,12,15,31H,7,9-11H2,1-3H3,(H,24,30)(H,27,28,29)/t12-,15-/m0/s1. The average Bonchev–Trinajstić information content (AvgIpc) is 2.82. The van der Waals surface area contributed by atoms with Crippen molar-refractivity contribution in [3.05, 3.63) is 52.9 Å². The first-order valence-corrected chi connectivity index (χ1v) is 10.5. The minimum atomic E-state index is -0.541. The fourth-order valence-corrected chi connectivity index (χ4v) is 3.18. The van der Waals surface area contributed by atoms with Crippen LogP contribution in [0.5, 0.6) is 5.75 Å². The van der Waals surface area contributed by atoms with Gasteiger partial charge in [0.05, 0.1) is 39.0 Å². The van der Waals surface area contributed by atoms with Gasteiger partial charge in [-0.3, -0.25) is 9.59 Å². The Labute approximate surface area is 195 Å². The molecule has 3 N–H and O–H groups in total. The zero-order valence-corrected chi connectivity index (χ0v) is 19.0. The third-order valence-electron chi connectivity index (χ3n) is 4.89. The van der Waals surface area contributed by atoms with Gasteiger partial charge in [0, 0.05) is 6.54 Å². The first-order chi connectivity index (χ1) is 16.3. The van der Waals surface area contributed by atoms with Crippen molar-refractivity contribution in [3.8, 4) is 5.75 Å². The monoisotopic (exact) mass is 475 g/mol. The topological polar surface area (TPSA) is 144 Å². The molecule has 3 rings (SSSR count). The van der Waals surface area contributed by atoms with Crippen LogP contribution in [0.15, 0.2) is 29.4 Å². The Bertz CT molecular complexity index is 1070. The molecule has 0 aliphatic carbocycles. The van der Waals surface area contributed by atoms with Gasteiger partial charge in [-0.2, -0.15) is 0 Å². The summed E-state index contributed by atoms with van der Waals surface area (Å²) in [4.78, 5) is 33.2. The van der Waals surface area contributed by atoms with E-state index in [-0.39, 0.29) is 54.5 Å². The summed E-state index contributed by atoms with van der Waals surface area (Å²) in [6, 6.07) is 5.51. The fraction of sp³-hybridized carbons (Fsp3) is 0.409. The minimum absolute atomic E-state index is 0.00928. The van der Waals surface area contributed by atoms with E-state index in [2.05, 4.69) is 25.8 Å². The molecule has 2 aromatic rings. The van der Waals surface area contributed by atoms with Gasteiger partial charge in [-0.1, -0.05) is 11.2 Å². The van der Waals surface area contributed by atoms with Crippen LogP contribution in [-0.2, 0) is 20.8 Å². The van der Waals surface area contributed by atoms with Gasteiger partial charge < -0.3 is 30.1 Å². The third-order valence-corrected chi connectivity index (χ3v) is 4.89. The molecule has 0 unspecified atom stereocenters. The van der Waals surface area contributed by atoms with Gasteiger partial charge >= 0.3 is 0 Å². The molecule has 182 valence electrons. The van der Waals surface area contributed by atoms with Gasteiger partial charge in [-0.05, 0) is 37.6 Å². The number of methoxy groups -OCH3 is 1. The highest BCUT2D eigenvalue weighted by atomic mass is 19.1. The molecule has 0 radical (unpaired) electrons. The first kappa shape index (κ1) is 25.0. The summed E-state index contributed by atoms with van der Waals surface area (Å²) in [5.74, 6) is -1.48. The maximum Gasteiger partial charge on any atom is 0.270 e. The number of benzene rings is 1. The molecule has 1 aliphatic heterocycles. The van der Waals surface area contributed by atoms with E-state index in [1.165, 1.54) is 31.4 Å². The average molecular weight is 475 g/mol. The Balaban J connectivity index is 1.65. The summed E-state index contributed by atoms with van der Waals surface area (Å²) in [5.41, 5.74) is 0.655. The SMILES string of the molecule is COc1cc(CNC(=O)c2cc(/C(=N/O)NC(=O)C[C@H]3CO[C@@H](C)CO3)nc(C)n2)ccc1F. The molecule has 1 fully saturated rings. The van der Waals surface area contributed by atoms with Crippen LogP contribution in [0.1, 0.15) is 40.9 Å². The van der Waals surface area contributed by atoms with Gasteiger partial charge in [-0.15, -0.1) is 0 Å². The van der Waals surface area contributed by atoms with Crippen molar-refractivity contribution in [1.29, 1.82) is 0 Å². The molecule has 34 heavy (non-hydrogen) atoms. The summed E-state index contributed by atoms with van der Waals surface area (Å²) in [6.45, 7) is 4.17.